The van der Waals surface area contributed by atoms with E-state index in [1.54, 1.807) is 7.11 Å². The van der Waals surface area contributed by atoms with E-state index in [-0.39, 0.29) is 5.54 Å². The molecule has 3 rings (SSSR count). The maximum atomic E-state index is 6.70. The van der Waals surface area contributed by atoms with E-state index >= 15 is 0 Å². The van der Waals surface area contributed by atoms with Gasteiger partial charge >= 0.3 is 0 Å². The number of rotatable bonds is 3. The predicted octanol–water partition coefficient (Wildman–Crippen LogP) is 3.80. The largest absolute Gasteiger partial charge is 0.497 e. The molecular formula is C17H18BrNO. The average Bonchev–Trinajstić information content (AvgIpc) is 2.78. The number of hydrogen-bond acceptors (Lipinski definition) is 2. The highest BCUT2D eigenvalue weighted by Crippen LogP contribution is 2.39. The van der Waals surface area contributed by atoms with Gasteiger partial charge in [0.15, 0.2) is 0 Å². The first kappa shape index (κ1) is 13.7. The molecule has 0 radical (unpaired) electrons. The summed E-state index contributed by atoms with van der Waals surface area (Å²) in [7, 11) is 1.70. The minimum absolute atomic E-state index is 0.280. The van der Waals surface area contributed by atoms with Gasteiger partial charge in [-0.1, -0.05) is 34.1 Å². The normalized spacial score (nSPS) is 20.8. The number of ether oxygens (including phenoxy) is 1. The van der Waals surface area contributed by atoms with Crippen LogP contribution in [0.5, 0.6) is 5.75 Å². The van der Waals surface area contributed by atoms with Gasteiger partial charge in [0, 0.05) is 10.0 Å². The van der Waals surface area contributed by atoms with Gasteiger partial charge in [-0.3, -0.25) is 0 Å². The summed E-state index contributed by atoms with van der Waals surface area (Å²) in [5, 5.41) is 0. The van der Waals surface area contributed by atoms with Crippen LogP contribution in [-0.2, 0) is 18.4 Å². The number of hydrogen-bond donors (Lipinski definition) is 1. The highest BCUT2D eigenvalue weighted by atomic mass is 79.9. The molecule has 0 aliphatic heterocycles. The molecule has 1 aliphatic carbocycles. The van der Waals surface area contributed by atoms with Gasteiger partial charge in [-0.25, -0.2) is 0 Å². The lowest BCUT2D eigenvalue weighted by Crippen LogP contribution is -2.36. The molecule has 0 spiro atoms. The topological polar surface area (TPSA) is 35.2 Å². The van der Waals surface area contributed by atoms with Gasteiger partial charge in [-0.15, -0.1) is 0 Å². The summed E-state index contributed by atoms with van der Waals surface area (Å²) in [5.74, 6) is 0.885. The van der Waals surface area contributed by atoms with E-state index in [9.17, 15) is 0 Å². The minimum atomic E-state index is -0.280. The van der Waals surface area contributed by atoms with Crippen LogP contribution in [0.2, 0.25) is 0 Å². The Morgan fingerprint density at radius 2 is 1.95 bits per heavy atom. The fourth-order valence-corrected chi connectivity index (χ4v) is 3.27. The molecule has 0 saturated heterocycles. The zero-order valence-corrected chi connectivity index (χ0v) is 13.1. The molecule has 3 heteroatoms. The number of benzene rings is 2. The number of nitrogens with two attached hydrogens (primary N) is 1. The highest BCUT2D eigenvalue weighted by molar-refractivity contribution is 9.10. The van der Waals surface area contributed by atoms with Crippen LogP contribution in [0.15, 0.2) is 46.9 Å². The van der Waals surface area contributed by atoms with Crippen LogP contribution in [0.1, 0.15) is 23.1 Å². The summed E-state index contributed by atoms with van der Waals surface area (Å²) >= 11 is 3.47. The number of fused-ring (bicyclic) bond motifs is 1. The lowest BCUT2D eigenvalue weighted by atomic mass is 9.86. The van der Waals surface area contributed by atoms with Gasteiger partial charge in [-0.2, -0.15) is 0 Å². The molecule has 0 aromatic heterocycles. The Balaban J connectivity index is 1.93. The van der Waals surface area contributed by atoms with E-state index in [1.807, 2.05) is 6.07 Å². The minimum Gasteiger partial charge on any atom is -0.497 e. The first-order valence-corrected chi connectivity index (χ1v) is 7.61. The Morgan fingerprint density at radius 3 is 2.65 bits per heavy atom. The molecule has 1 atom stereocenters. The first-order chi connectivity index (χ1) is 9.60. The molecule has 2 nitrogen and oxygen atoms in total. The van der Waals surface area contributed by atoms with Gasteiger partial charge in [0.25, 0.3) is 0 Å². The molecule has 2 N–H and O–H groups in total. The SMILES string of the molecule is COc1ccc2c(c1)C(N)(Cc1ccc(Br)cc1)CC2. The second-order valence-electron chi connectivity index (χ2n) is 5.48. The van der Waals surface area contributed by atoms with Crippen molar-refractivity contribution in [2.45, 2.75) is 24.8 Å². The third kappa shape index (κ3) is 2.48. The molecule has 2 aromatic carbocycles. The summed E-state index contributed by atoms with van der Waals surface area (Å²) < 4.78 is 6.43. The van der Waals surface area contributed by atoms with Crippen molar-refractivity contribution in [3.63, 3.8) is 0 Å². The smallest absolute Gasteiger partial charge is 0.119 e. The first-order valence-electron chi connectivity index (χ1n) is 6.81. The molecule has 1 unspecified atom stereocenters. The quantitative estimate of drug-likeness (QED) is 0.928. The van der Waals surface area contributed by atoms with E-state index in [0.29, 0.717) is 0 Å². The Bertz CT molecular complexity index is 623. The van der Waals surface area contributed by atoms with Crippen LogP contribution in [-0.4, -0.2) is 7.11 Å². The van der Waals surface area contributed by atoms with Crippen LogP contribution < -0.4 is 10.5 Å². The van der Waals surface area contributed by atoms with Crippen molar-refractivity contribution in [3.05, 3.63) is 63.6 Å². The molecule has 0 amide bonds. The highest BCUT2D eigenvalue weighted by Gasteiger charge is 2.35. The van der Waals surface area contributed by atoms with Crippen LogP contribution in [0.4, 0.5) is 0 Å². The number of aryl methyl sites for hydroxylation is 1. The molecule has 104 valence electrons. The van der Waals surface area contributed by atoms with Crippen LogP contribution in [0.25, 0.3) is 0 Å². The maximum Gasteiger partial charge on any atom is 0.119 e. The van der Waals surface area contributed by atoms with Gasteiger partial charge in [0.05, 0.1) is 7.11 Å². The third-order valence-corrected chi connectivity index (χ3v) is 4.66. The van der Waals surface area contributed by atoms with Gasteiger partial charge < -0.3 is 10.5 Å². The lowest BCUT2D eigenvalue weighted by Gasteiger charge is -2.26. The maximum absolute atomic E-state index is 6.70. The van der Waals surface area contributed by atoms with Crippen LogP contribution in [0.3, 0.4) is 0 Å². The van der Waals surface area contributed by atoms with Crippen molar-refractivity contribution in [3.8, 4) is 5.75 Å². The molecule has 20 heavy (non-hydrogen) atoms. The third-order valence-electron chi connectivity index (χ3n) is 4.13. The van der Waals surface area contributed by atoms with Crippen molar-refractivity contribution in [1.82, 2.24) is 0 Å². The molecule has 0 fully saturated rings. The van der Waals surface area contributed by atoms with E-state index in [2.05, 4.69) is 52.3 Å². The fourth-order valence-electron chi connectivity index (χ4n) is 3.01. The van der Waals surface area contributed by atoms with E-state index in [1.165, 1.54) is 16.7 Å². The summed E-state index contributed by atoms with van der Waals surface area (Å²) in [6.07, 6.45) is 2.90. The number of methoxy groups -OCH3 is 1. The zero-order chi connectivity index (χ0) is 14.2. The monoisotopic (exact) mass is 331 g/mol. The summed E-state index contributed by atoms with van der Waals surface area (Å²) in [5.41, 5.74) is 10.3. The second kappa shape index (κ2) is 5.23. The Kier molecular flexibility index (Phi) is 3.57. The number of halogens is 1. The van der Waals surface area contributed by atoms with E-state index in [4.69, 9.17) is 10.5 Å². The van der Waals surface area contributed by atoms with Gasteiger partial charge in [-0.05, 0) is 60.2 Å². The molecule has 0 saturated carbocycles. The van der Waals surface area contributed by atoms with Crippen molar-refractivity contribution in [1.29, 1.82) is 0 Å². The Hall–Kier alpha value is -1.32. The van der Waals surface area contributed by atoms with Crippen molar-refractivity contribution in [2.24, 2.45) is 5.73 Å². The van der Waals surface area contributed by atoms with Crippen LogP contribution >= 0.6 is 15.9 Å². The van der Waals surface area contributed by atoms with Crippen LogP contribution in [0, 0.1) is 0 Å². The molecule has 1 aliphatic rings. The predicted molar refractivity (Wildman–Crippen MR) is 85.0 cm³/mol. The van der Waals surface area contributed by atoms with E-state index < -0.39 is 0 Å². The van der Waals surface area contributed by atoms with Crippen molar-refractivity contribution < 1.29 is 4.74 Å². The molecular weight excluding hydrogens is 314 g/mol. The standard InChI is InChI=1S/C17H18BrNO/c1-20-15-7-4-13-8-9-17(19,16(13)10-15)11-12-2-5-14(18)6-3-12/h2-7,10H,8-9,11,19H2,1H3. The van der Waals surface area contributed by atoms with Gasteiger partial charge in [0.1, 0.15) is 5.75 Å². The summed E-state index contributed by atoms with van der Waals surface area (Å²) in [6.45, 7) is 0. The zero-order valence-electron chi connectivity index (χ0n) is 11.5. The molecule has 2 aromatic rings. The van der Waals surface area contributed by atoms with Crippen molar-refractivity contribution in [2.75, 3.05) is 7.11 Å². The molecule has 0 bridgehead atoms. The average molecular weight is 332 g/mol. The van der Waals surface area contributed by atoms with Gasteiger partial charge in [0.2, 0.25) is 0 Å². The summed E-state index contributed by atoms with van der Waals surface area (Å²) in [6, 6.07) is 14.7. The summed E-state index contributed by atoms with van der Waals surface area (Å²) in [4.78, 5) is 0. The fraction of sp³-hybridized carbons (Fsp3) is 0.294. The Morgan fingerprint density at radius 1 is 1.20 bits per heavy atom. The Labute approximate surface area is 128 Å². The lowest BCUT2D eigenvalue weighted by molar-refractivity contribution is 0.407. The van der Waals surface area contributed by atoms with E-state index in [0.717, 1.165) is 29.5 Å². The van der Waals surface area contributed by atoms with Crippen molar-refractivity contribution >= 4 is 15.9 Å². The second-order valence-corrected chi connectivity index (χ2v) is 6.40. The molecule has 0 heterocycles.